The molecule has 1 aliphatic rings. The minimum Gasteiger partial charge on any atom is -0.362 e. The van der Waals surface area contributed by atoms with Crippen molar-refractivity contribution in [2.75, 3.05) is 18.6 Å². The topological polar surface area (TPSA) is 158 Å². The van der Waals surface area contributed by atoms with Crippen molar-refractivity contribution >= 4 is 56.1 Å². The molecule has 0 radical (unpaired) electrons. The van der Waals surface area contributed by atoms with E-state index in [1.54, 1.807) is 19.5 Å². The zero-order chi connectivity index (χ0) is 26.4. The van der Waals surface area contributed by atoms with E-state index in [1.807, 2.05) is 0 Å². The maximum absolute atomic E-state index is 11.4. The first kappa shape index (κ1) is 30.7. The van der Waals surface area contributed by atoms with Crippen LogP contribution in [0.1, 0.15) is 49.3 Å². The van der Waals surface area contributed by atoms with Crippen LogP contribution in [0.3, 0.4) is 0 Å². The third-order valence-corrected chi connectivity index (χ3v) is 6.62. The van der Waals surface area contributed by atoms with Gasteiger partial charge in [-0.3, -0.25) is 4.79 Å². The molecule has 0 amide bonds. The van der Waals surface area contributed by atoms with Crippen LogP contribution in [-0.2, 0) is 26.1 Å². The van der Waals surface area contributed by atoms with Crippen LogP contribution >= 0.6 is 23.2 Å². The first-order chi connectivity index (χ1) is 16.6. The molecule has 2 aromatic heterocycles. The van der Waals surface area contributed by atoms with E-state index < -0.39 is 32.9 Å². The summed E-state index contributed by atoms with van der Waals surface area (Å²) in [6, 6.07) is 0. The van der Waals surface area contributed by atoms with Crippen molar-refractivity contribution in [3.8, 4) is 0 Å². The van der Waals surface area contributed by atoms with Gasteiger partial charge in [0.05, 0.1) is 30.5 Å². The minimum atomic E-state index is -3.33. The Bertz CT molecular complexity index is 1140. The van der Waals surface area contributed by atoms with Crippen LogP contribution in [0.2, 0.25) is 10.3 Å². The quantitative estimate of drug-likeness (QED) is 0.491. The number of carbonyl (C=O) groups excluding carboxylic acids is 1. The number of carbonyl (C=O) groups is 1. The highest BCUT2D eigenvalue weighted by Crippen LogP contribution is 2.27. The van der Waals surface area contributed by atoms with Gasteiger partial charge in [-0.15, -0.1) is 0 Å². The van der Waals surface area contributed by atoms with E-state index in [-0.39, 0.29) is 22.8 Å². The molecule has 35 heavy (non-hydrogen) atoms. The first-order valence-electron chi connectivity index (χ1n) is 10.2. The van der Waals surface area contributed by atoms with Gasteiger partial charge in [0.25, 0.3) is 0 Å². The first-order valence-corrected chi connectivity index (χ1v) is 13.5. The van der Waals surface area contributed by atoms with Crippen LogP contribution in [0.25, 0.3) is 5.70 Å². The molecule has 0 saturated carbocycles. The molecular formula is C20H25Cl2N5O6S2. The molecule has 1 atom stereocenters. The van der Waals surface area contributed by atoms with Gasteiger partial charge in [-0.05, 0) is 24.8 Å². The molecule has 11 nitrogen and oxygen atoms in total. The second-order valence-corrected chi connectivity index (χ2v) is 10.1. The third kappa shape index (κ3) is 10.9. The Morgan fingerprint density at radius 2 is 1.69 bits per heavy atom. The van der Waals surface area contributed by atoms with Gasteiger partial charge in [-0.2, -0.15) is 8.42 Å². The number of nitrogens with zero attached hydrogens (tertiary/aromatic N) is 4. The summed E-state index contributed by atoms with van der Waals surface area (Å²) >= 11 is 10.5. The lowest BCUT2D eigenvalue weighted by atomic mass is 9.99. The van der Waals surface area contributed by atoms with E-state index in [1.165, 1.54) is 18.7 Å². The number of nitrogens with one attached hydrogen (secondary N) is 1. The van der Waals surface area contributed by atoms with Gasteiger partial charge in [0.15, 0.2) is 15.6 Å². The molecule has 0 bridgehead atoms. The van der Waals surface area contributed by atoms with Gasteiger partial charge < -0.3 is 10.1 Å². The Balaban J connectivity index is 0.000000317. The highest BCUT2D eigenvalue weighted by atomic mass is 35.5. The number of ether oxygens (including phenoxy) is 1. The van der Waals surface area contributed by atoms with Crippen LogP contribution in [0.5, 0.6) is 0 Å². The Labute approximate surface area is 217 Å². The minimum absolute atomic E-state index is 0.0106. The number of ketones is 1. The summed E-state index contributed by atoms with van der Waals surface area (Å²) in [6.45, 7) is 3.63. The summed E-state index contributed by atoms with van der Waals surface area (Å²) in [5.41, 5.74) is 3.23. The summed E-state index contributed by atoms with van der Waals surface area (Å²) in [5.74, 6) is -1.18. The largest absolute Gasteiger partial charge is 0.362 e. The molecule has 0 aliphatic carbocycles. The van der Waals surface area contributed by atoms with Crippen LogP contribution in [-0.4, -0.2) is 67.4 Å². The number of halogens is 2. The normalized spacial score (nSPS) is 15.1. The maximum atomic E-state index is 11.4. The zero-order valence-electron chi connectivity index (χ0n) is 19.2. The fourth-order valence-electron chi connectivity index (χ4n) is 2.82. The summed E-state index contributed by atoms with van der Waals surface area (Å²) in [4.78, 5) is 27.1. The second kappa shape index (κ2) is 15.6. The van der Waals surface area contributed by atoms with Crippen molar-refractivity contribution < 1.29 is 26.4 Å². The number of rotatable bonds is 7. The second-order valence-electron chi connectivity index (χ2n) is 6.86. The van der Waals surface area contributed by atoms with Gasteiger partial charge >= 0.3 is 11.6 Å². The van der Waals surface area contributed by atoms with Crippen LogP contribution in [0, 0.1) is 0 Å². The Morgan fingerprint density at radius 1 is 1.09 bits per heavy atom. The van der Waals surface area contributed by atoms with Crippen molar-refractivity contribution in [3.05, 3.63) is 52.1 Å². The molecule has 0 fully saturated rings. The predicted molar refractivity (Wildman–Crippen MR) is 132 cm³/mol. The van der Waals surface area contributed by atoms with E-state index in [4.69, 9.17) is 36.4 Å². The van der Waals surface area contributed by atoms with E-state index in [2.05, 4.69) is 32.2 Å². The fraction of sp³-hybridized carbons (Fsp3) is 0.450. The molecule has 2 aromatic rings. The lowest BCUT2D eigenvalue weighted by Crippen LogP contribution is -2.34. The smallest absolute Gasteiger partial charge is 0.335 e. The number of sulfone groups is 1. The lowest BCUT2D eigenvalue weighted by Gasteiger charge is -2.27. The van der Waals surface area contributed by atoms with Gasteiger partial charge in [0.1, 0.15) is 33.7 Å². The van der Waals surface area contributed by atoms with E-state index in [0.29, 0.717) is 5.15 Å². The van der Waals surface area contributed by atoms with E-state index in [9.17, 15) is 13.2 Å². The molecule has 0 spiro atoms. The molecule has 15 heteroatoms. The fourth-order valence-corrected chi connectivity index (χ4v) is 3.77. The highest BCUT2D eigenvalue weighted by Gasteiger charge is 2.21. The Kier molecular flexibility index (Phi) is 13.7. The van der Waals surface area contributed by atoms with Crippen molar-refractivity contribution in [3.63, 3.8) is 0 Å². The number of allylic oxidation sites excluding steroid dienone is 1. The van der Waals surface area contributed by atoms with Crippen LogP contribution < -0.4 is 5.32 Å². The monoisotopic (exact) mass is 565 g/mol. The number of hydrogen-bond acceptors (Lipinski definition) is 11. The summed E-state index contributed by atoms with van der Waals surface area (Å²) in [5, 5.41) is 3.92. The number of Topliss-reactive ketones (excluding diaryl/α,β-unsaturated/α-hetero) is 1. The van der Waals surface area contributed by atoms with Crippen molar-refractivity contribution in [1.82, 2.24) is 25.3 Å². The van der Waals surface area contributed by atoms with Crippen LogP contribution in [0.15, 0.2) is 30.4 Å². The molecule has 1 aliphatic heterocycles. The third-order valence-electron chi connectivity index (χ3n) is 4.65. The summed E-state index contributed by atoms with van der Waals surface area (Å²) in [6.07, 6.45) is 8.70. The van der Waals surface area contributed by atoms with E-state index >= 15 is 0 Å². The molecule has 0 saturated heterocycles. The molecule has 1 N–H and O–H groups in total. The molecule has 0 aromatic carbocycles. The summed E-state index contributed by atoms with van der Waals surface area (Å²) < 4.78 is 44.2. The average Bonchev–Trinajstić information content (AvgIpc) is 2.85. The molecule has 192 valence electrons. The number of hydrogen-bond donors (Lipinski definition) is 1. The van der Waals surface area contributed by atoms with Gasteiger partial charge in [0.2, 0.25) is 0 Å². The molecule has 3 heterocycles. The van der Waals surface area contributed by atoms with Crippen molar-refractivity contribution in [1.29, 1.82) is 0 Å². The lowest BCUT2D eigenvalue weighted by molar-refractivity contribution is 0.0771. The number of aromatic nitrogens is 4. The van der Waals surface area contributed by atoms with Gasteiger partial charge in [-0.1, -0.05) is 37.0 Å². The molecular weight excluding hydrogens is 541 g/mol. The standard InChI is InChI=1S/C12H16ClN3O.C8H9ClN2O3S.O2S/c1-3-8-4-5-11(17-2)16-12(8)9-6-15-10(13)7-14-9;1-2-15(13,14)5-7(12)6-3-11-8(9)4-10-6;1-3-2/h6-7,11,16H,3-5H2,1-2H3;3-4H,2,5H2,1H3;. The summed E-state index contributed by atoms with van der Waals surface area (Å²) in [7, 11) is -1.62. The zero-order valence-corrected chi connectivity index (χ0v) is 22.4. The number of methoxy groups -OCH3 is 1. The van der Waals surface area contributed by atoms with E-state index in [0.717, 1.165) is 36.9 Å². The highest BCUT2D eigenvalue weighted by molar-refractivity contribution is 7.92. The predicted octanol–water partition coefficient (Wildman–Crippen LogP) is 2.68. The Morgan fingerprint density at radius 3 is 2.14 bits per heavy atom. The Hall–Kier alpha value is -2.32. The van der Waals surface area contributed by atoms with Crippen molar-refractivity contribution in [2.45, 2.75) is 39.3 Å². The molecule has 1 unspecified atom stereocenters. The van der Waals surface area contributed by atoms with Gasteiger partial charge in [0, 0.05) is 12.9 Å². The van der Waals surface area contributed by atoms with Crippen LogP contribution in [0.4, 0.5) is 0 Å². The average molecular weight is 566 g/mol. The molecule has 3 rings (SSSR count). The van der Waals surface area contributed by atoms with Gasteiger partial charge in [-0.25, -0.2) is 28.4 Å². The SMILES string of the molecule is CCC1=C(c2cnc(Cl)cn2)NC(OC)CC1.CCS(=O)(=O)CC(=O)c1cnc(Cl)cn1.O=S=O. The maximum Gasteiger partial charge on any atom is 0.335 e. The van der Waals surface area contributed by atoms with Crippen molar-refractivity contribution in [2.24, 2.45) is 0 Å².